The molecule has 0 radical (unpaired) electrons. The van der Waals surface area contributed by atoms with Crippen LogP contribution in [0.3, 0.4) is 0 Å². The topological polar surface area (TPSA) is 111 Å². The van der Waals surface area contributed by atoms with Gasteiger partial charge in [0.1, 0.15) is 11.4 Å². The van der Waals surface area contributed by atoms with E-state index in [2.05, 4.69) is 10.1 Å². The van der Waals surface area contributed by atoms with E-state index in [0.717, 1.165) is 0 Å². The molecule has 0 aliphatic carbocycles. The Balaban J connectivity index is 2.70. The third-order valence-electron chi connectivity index (χ3n) is 2.74. The number of aryl methyl sites for hydroxylation is 1. The van der Waals surface area contributed by atoms with E-state index in [1.807, 2.05) is 0 Å². The number of nitrogens with zero attached hydrogens (tertiary/aromatic N) is 4. The third kappa shape index (κ3) is 2.10. The number of pyridine rings is 1. The quantitative estimate of drug-likeness (QED) is 0.686. The summed E-state index contributed by atoms with van der Waals surface area (Å²) in [5, 5.41) is 23.8. The van der Waals surface area contributed by atoms with Gasteiger partial charge >= 0.3 is 11.7 Å². The van der Waals surface area contributed by atoms with Gasteiger partial charge in [-0.15, -0.1) is 0 Å². The molecule has 8 nitrogen and oxygen atoms in total. The van der Waals surface area contributed by atoms with Gasteiger partial charge in [-0.3, -0.25) is 10.1 Å². The Morgan fingerprint density at radius 2 is 2.15 bits per heavy atom. The maximum Gasteiger partial charge on any atom is 0.337 e. The van der Waals surface area contributed by atoms with Crippen LogP contribution in [-0.4, -0.2) is 30.8 Å². The summed E-state index contributed by atoms with van der Waals surface area (Å²) < 4.78 is 1.17. The van der Waals surface area contributed by atoms with Gasteiger partial charge in [-0.2, -0.15) is 5.10 Å². The van der Waals surface area contributed by atoms with Crippen molar-refractivity contribution in [2.45, 2.75) is 13.8 Å². The van der Waals surface area contributed by atoms with Crippen molar-refractivity contribution in [1.82, 2.24) is 14.8 Å². The summed E-state index contributed by atoms with van der Waals surface area (Å²) >= 11 is 5.98. The lowest BCUT2D eigenvalue weighted by Gasteiger charge is -2.06. The first-order valence-electron chi connectivity index (χ1n) is 5.43. The molecule has 0 atom stereocenters. The van der Waals surface area contributed by atoms with E-state index < -0.39 is 10.9 Å². The molecule has 0 saturated heterocycles. The Bertz CT molecular complexity index is 725. The van der Waals surface area contributed by atoms with Crippen LogP contribution in [-0.2, 0) is 0 Å². The van der Waals surface area contributed by atoms with Crippen LogP contribution in [0, 0.1) is 24.0 Å². The average molecular weight is 297 g/mol. The second-order valence-electron chi connectivity index (χ2n) is 3.99. The molecule has 0 amide bonds. The molecule has 0 unspecified atom stereocenters. The molecular formula is C11H9ClN4O4. The second kappa shape index (κ2) is 4.89. The van der Waals surface area contributed by atoms with E-state index in [1.165, 1.54) is 30.8 Å². The van der Waals surface area contributed by atoms with Gasteiger partial charge in [0.2, 0.25) is 0 Å². The number of halogens is 1. The molecule has 9 heteroatoms. The van der Waals surface area contributed by atoms with Crippen LogP contribution in [0.15, 0.2) is 12.3 Å². The number of carboxylic acids is 1. The molecule has 0 fully saturated rings. The fourth-order valence-corrected chi connectivity index (χ4v) is 2.12. The summed E-state index contributed by atoms with van der Waals surface area (Å²) in [4.78, 5) is 25.4. The van der Waals surface area contributed by atoms with Crippen LogP contribution in [0.4, 0.5) is 5.69 Å². The number of carboxylic acid groups (broad SMARTS) is 1. The molecule has 2 aromatic rings. The number of carbonyl (C=O) groups is 1. The molecule has 104 valence electrons. The molecule has 1 N–H and O–H groups in total. The molecule has 20 heavy (non-hydrogen) atoms. The number of hydrogen-bond acceptors (Lipinski definition) is 5. The van der Waals surface area contributed by atoms with Crippen molar-refractivity contribution < 1.29 is 14.8 Å². The van der Waals surface area contributed by atoms with Gasteiger partial charge < -0.3 is 5.11 Å². The smallest absolute Gasteiger partial charge is 0.337 e. The number of aromatic nitrogens is 3. The van der Waals surface area contributed by atoms with Gasteiger partial charge in [-0.25, -0.2) is 14.5 Å². The summed E-state index contributed by atoms with van der Waals surface area (Å²) in [6, 6.07) is 1.24. The van der Waals surface area contributed by atoms with Crippen molar-refractivity contribution in [2.24, 2.45) is 0 Å². The van der Waals surface area contributed by atoms with Crippen molar-refractivity contribution in [2.75, 3.05) is 0 Å². The van der Waals surface area contributed by atoms with Crippen LogP contribution < -0.4 is 0 Å². The minimum absolute atomic E-state index is 0.0419. The maximum atomic E-state index is 11.0. The second-order valence-corrected chi connectivity index (χ2v) is 4.37. The highest BCUT2D eigenvalue weighted by atomic mass is 35.5. The molecule has 0 aliphatic heterocycles. The Labute approximate surface area is 117 Å². The van der Waals surface area contributed by atoms with Crippen LogP contribution in [0.1, 0.15) is 21.7 Å². The van der Waals surface area contributed by atoms with E-state index in [0.29, 0.717) is 0 Å². The standard InChI is InChI=1S/C11H9ClN4O4/c1-5-9(16(19)20)6(2)15(14-5)10-8(12)7(11(17)18)3-4-13-10/h3-4H,1-2H3,(H,17,18). The first kappa shape index (κ1) is 13.9. The van der Waals surface area contributed by atoms with Crippen LogP contribution in [0.25, 0.3) is 5.82 Å². The van der Waals surface area contributed by atoms with Crippen LogP contribution >= 0.6 is 11.6 Å². The number of hydrogen-bond donors (Lipinski definition) is 1. The minimum Gasteiger partial charge on any atom is -0.478 e. The zero-order valence-electron chi connectivity index (χ0n) is 10.5. The van der Waals surface area contributed by atoms with E-state index in [-0.39, 0.29) is 33.5 Å². The molecule has 2 heterocycles. The van der Waals surface area contributed by atoms with E-state index in [9.17, 15) is 14.9 Å². The largest absolute Gasteiger partial charge is 0.478 e. The summed E-state index contributed by atoms with van der Waals surface area (Å²) in [6.07, 6.45) is 1.26. The summed E-state index contributed by atoms with van der Waals surface area (Å²) in [7, 11) is 0. The normalized spacial score (nSPS) is 10.6. The van der Waals surface area contributed by atoms with Crippen LogP contribution in [0.2, 0.25) is 5.02 Å². The summed E-state index contributed by atoms with van der Waals surface area (Å²) in [5.74, 6) is -1.17. The highest BCUT2D eigenvalue weighted by Gasteiger charge is 2.25. The maximum absolute atomic E-state index is 11.0. The van der Waals surface area contributed by atoms with Crippen LogP contribution in [0.5, 0.6) is 0 Å². The van der Waals surface area contributed by atoms with Crippen molar-refractivity contribution >= 4 is 23.3 Å². The number of aromatic carboxylic acids is 1. The molecule has 0 spiro atoms. The lowest BCUT2D eigenvalue weighted by Crippen LogP contribution is -2.07. The highest BCUT2D eigenvalue weighted by molar-refractivity contribution is 6.35. The lowest BCUT2D eigenvalue weighted by molar-refractivity contribution is -0.386. The molecule has 0 aliphatic rings. The van der Waals surface area contributed by atoms with Gasteiger partial charge in [0.15, 0.2) is 5.82 Å². The molecule has 0 bridgehead atoms. The van der Waals surface area contributed by atoms with E-state index in [4.69, 9.17) is 16.7 Å². The average Bonchev–Trinajstić information content (AvgIpc) is 2.64. The Morgan fingerprint density at radius 1 is 1.50 bits per heavy atom. The van der Waals surface area contributed by atoms with Crippen molar-refractivity contribution in [3.05, 3.63) is 44.4 Å². The van der Waals surface area contributed by atoms with Crippen molar-refractivity contribution in [3.8, 4) is 5.82 Å². The van der Waals surface area contributed by atoms with Gasteiger partial charge in [0.05, 0.1) is 15.5 Å². The molecule has 2 rings (SSSR count). The van der Waals surface area contributed by atoms with Crippen molar-refractivity contribution in [1.29, 1.82) is 0 Å². The van der Waals surface area contributed by atoms with Crippen molar-refractivity contribution in [3.63, 3.8) is 0 Å². The zero-order chi connectivity index (χ0) is 15.0. The number of rotatable bonds is 3. The lowest BCUT2D eigenvalue weighted by atomic mass is 10.2. The minimum atomic E-state index is -1.21. The first-order valence-corrected chi connectivity index (χ1v) is 5.81. The Morgan fingerprint density at radius 3 is 2.65 bits per heavy atom. The fourth-order valence-electron chi connectivity index (χ4n) is 1.85. The predicted molar refractivity (Wildman–Crippen MR) is 69.5 cm³/mol. The molecule has 2 aromatic heterocycles. The van der Waals surface area contributed by atoms with E-state index in [1.54, 1.807) is 0 Å². The van der Waals surface area contributed by atoms with Gasteiger partial charge in [0.25, 0.3) is 0 Å². The van der Waals surface area contributed by atoms with Gasteiger partial charge in [-0.05, 0) is 19.9 Å². The fraction of sp³-hybridized carbons (Fsp3) is 0.182. The predicted octanol–water partition coefficient (Wildman–Crippen LogP) is 2.14. The number of nitro groups is 1. The third-order valence-corrected chi connectivity index (χ3v) is 3.11. The first-order chi connectivity index (χ1) is 9.34. The summed E-state index contributed by atoms with van der Waals surface area (Å²) in [6.45, 7) is 2.97. The molecular weight excluding hydrogens is 288 g/mol. The SMILES string of the molecule is Cc1nn(-c2nccc(C(=O)O)c2Cl)c(C)c1[N+](=O)[O-]. The summed E-state index contributed by atoms with van der Waals surface area (Å²) in [5.41, 5.74) is 0.131. The van der Waals surface area contributed by atoms with Gasteiger partial charge in [0, 0.05) is 6.20 Å². The van der Waals surface area contributed by atoms with Gasteiger partial charge in [-0.1, -0.05) is 11.6 Å². The molecule has 0 saturated carbocycles. The van der Waals surface area contributed by atoms with E-state index >= 15 is 0 Å². The Hall–Kier alpha value is -2.48. The highest BCUT2D eigenvalue weighted by Crippen LogP contribution is 2.28. The molecule has 0 aromatic carbocycles. The zero-order valence-corrected chi connectivity index (χ0v) is 11.2. The Kier molecular flexibility index (Phi) is 3.41. The monoisotopic (exact) mass is 296 g/mol.